The molecule has 0 saturated heterocycles. The standard InChI is InChI=1S/C10H16FNO/c11-9-2-1-3-12(7-9)6-8-4-10(13)5-8/h2,8,10,13H,1,3-7H2. The molecular weight excluding hydrogens is 169 g/mol. The van der Waals surface area contributed by atoms with Crippen molar-refractivity contribution in [2.45, 2.75) is 25.4 Å². The molecule has 0 unspecified atom stereocenters. The maximum atomic E-state index is 12.9. The van der Waals surface area contributed by atoms with Crippen LogP contribution < -0.4 is 0 Å². The first-order valence-corrected chi connectivity index (χ1v) is 4.99. The van der Waals surface area contributed by atoms with Gasteiger partial charge in [0.1, 0.15) is 5.83 Å². The second kappa shape index (κ2) is 3.76. The summed E-state index contributed by atoms with van der Waals surface area (Å²) in [7, 11) is 0. The van der Waals surface area contributed by atoms with Gasteiger partial charge in [0, 0.05) is 19.6 Å². The van der Waals surface area contributed by atoms with Crippen LogP contribution in [0.3, 0.4) is 0 Å². The lowest BCUT2D eigenvalue weighted by Gasteiger charge is -2.36. The first-order valence-electron chi connectivity index (χ1n) is 4.99. The molecule has 1 saturated carbocycles. The summed E-state index contributed by atoms with van der Waals surface area (Å²) < 4.78 is 12.9. The van der Waals surface area contributed by atoms with E-state index in [0.717, 1.165) is 32.4 Å². The molecule has 1 fully saturated rings. The molecule has 0 atom stereocenters. The molecule has 0 aromatic carbocycles. The molecule has 2 nitrogen and oxygen atoms in total. The minimum Gasteiger partial charge on any atom is -0.393 e. The third kappa shape index (κ3) is 2.29. The van der Waals surface area contributed by atoms with Crippen molar-refractivity contribution < 1.29 is 9.50 Å². The Morgan fingerprint density at radius 2 is 2.31 bits per heavy atom. The van der Waals surface area contributed by atoms with E-state index in [1.807, 2.05) is 0 Å². The number of rotatable bonds is 2. The fourth-order valence-electron chi connectivity index (χ4n) is 2.13. The summed E-state index contributed by atoms with van der Waals surface area (Å²) in [6.07, 6.45) is 4.23. The van der Waals surface area contributed by atoms with Crippen LogP contribution in [-0.2, 0) is 0 Å². The molecule has 0 bridgehead atoms. The number of aliphatic hydroxyl groups excluding tert-OH is 1. The minimum atomic E-state index is -0.0878. The molecule has 1 aliphatic carbocycles. The van der Waals surface area contributed by atoms with Crippen LogP contribution in [0.4, 0.5) is 4.39 Å². The van der Waals surface area contributed by atoms with Crippen molar-refractivity contribution in [1.82, 2.24) is 4.90 Å². The van der Waals surface area contributed by atoms with E-state index in [-0.39, 0.29) is 11.9 Å². The Balaban J connectivity index is 1.73. The zero-order valence-corrected chi connectivity index (χ0v) is 7.75. The number of nitrogens with zero attached hydrogens (tertiary/aromatic N) is 1. The summed E-state index contributed by atoms with van der Waals surface area (Å²) in [6.45, 7) is 2.41. The summed E-state index contributed by atoms with van der Waals surface area (Å²) in [5, 5.41) is 9.10. The molecule has 1 N–H and O–H groups in total. The number of hydrogen-bond acceptors (Lipinski definition) is 2. The van der Waals surface area contributed by atoms with Gasteiger partial charge < -0.3 is 5.11 Å². The Kier molecular flexibility index (Phi) is 2.65. The van der Waals surface area contributed by atoms with Gasteiger partial charge in [0.05, 0.1) is 6.10 Å². The van der Waals surface area contributed by atoms with Gasteiger partial charge in [-0.3, -0.25) is 4.90 Å². The average Bonchev–Trinajstić information content (AvgIpc) is 2.01. The highest BCUT2D eigenvalue weighted by atomic mass is 19.1. The SMILES string of the molecule is OC1CC(CN2CCC=C(F)C2)C1. The first kappa shape index (κ1) is 9.16. The molecular formula is C10H16FNO. The molecule has 0 radical (unpaired) electrons. The van der Waals surface area contributed by atoms with Crippen LogP contribution in [0.5, 0.6) is 0 Å². The summed E-state index contributed by atoms with van der Waals surface area (Å²) in [5.74, 6) is 0.604. The van der Waals surface area contributed by atoms with Gasteiger partial charge in [0.2, 0.25) is 0 Å². The lowest BCUT2D eigenvalue weighted by molar-refractivity contribution is 0.0246. The van der Waals surface area contributed by atoms with Crippen molar-refractivity contribution in [3.8, 4) is 0 Å². The second-order valence-electron chi connectivity index (χ2n) is 4.17. The molecule has 0 spiro atoms. The highest BCUT2D eigenvalue weighted by molar-refractivity contribution is 4.99. The Morgan fingerprint density at radius 1 is 1.54 bits per heavy atom. The third-order valence-electron chi connectivity index (χ3n) is 2.91. The van der Waals surface area contributed by atoms with Gasteiger partial charge in [-0.2, -0.15) is 0 Å². The summed E-state index contributed by atoms with van der Waals surface area (Å²) >= 11 is 0. The maximum absolute atomic E-state index is 12.9. The van der Waals surface area contributed by atoms with Crippen LogP contribution in [-0.4, -0.2) is 35.7 Å². The van der Waals surface area contributed by atoms with Crippen molar-refractivity contribution in [1.29, 1.82) is 0 Å². The minimum absolute atomic E-state index is 0.00567. The molecule has 0 aromatic rings. The van der Waals surface area contributed by atoms with E-state index in [0.29, 0.717) is 12.5 Å². The third-order valence-corrected chi connectivity index (χ3v) is 2.91. The molecule has 74 valence electrons. The molecule has 0 aromatic heterocycles. The smallest absolute Gasteiger partial charge is 0.110 e. The fraction of sp³-hybridized carbons (Fsp3) is 0.800. The van der Waals surface area contributed by atoms with Crippen molar-refractivity contribution in [3.63, 3.8) is 0 Å². The Labute approximate surface area is 78.0 Å². The van der Waals surface area contributed by atoms with E-state index in [1.165, 1.54) is 0 Å². The van der Waals surface area contributed by atoms with Crippen LogP contribution in [0.2, 0.25) is 0 Å². The van der Waals surface area contributed by atoms with Crippen LogP contribution in [0.15, 0.2) is 11.9 Å². The van der Waals surface area contributed by atoms with Crippen LogP contribution in [0.25, 0.3) is 0 Å². The molecule has 0 amide bonds. The Hall–Kier alpha value is -0.410. The van der Waals surface area contributed by atoms with E-state index >= 15 is 0 Å². The van der Waals surface area contributed by atoms with E-state index in [4.69, 9.17) is 5.11 Å². The van der Waals surface area contributed by atoms with Gasteiger partial charge >= 0.3 is 0 Å². The van der Waals surface area contributed by atoms with Crippen molar-refractivity contribution >= 4 is 0 Å². The highest BCUT2D eigenvalue weighted by Crippen LogP contribution is 2.28. The molecule has 2 rings (SSSR count). The van der Waals surface area contributed by atoms with Crippen molar-refractivity contribution in [2.24, 2.45) is 5.92 Å². The predicted molar refractivity (Wildman–Crippen MR) is 49.0 cm³/mol. The molecule has 1 heterocycles. The van der Waals surface area contributed by atoms with Crippen LogP contribution in [0, 0.1) is 5.92 Å². The van der Waals surface area contributed by atoms with E-state index < -0.39 is 0 Å². The summed E-state index contributed by atoms with van der Waals surface area (Å²) in [4.78, 5) is 2.14. The molecule has 2 aliphatic rings. The van der Waals surface area contributed by atoms with Gasteiger partial charge in [0.15, 0.2) is 0 Å². The summed E-state index contributed by atoms with van der Waals surface area (Å²) in [5.41, 5.74) is 0. The Morgan fingerprint density at radius 3 is 2.92 bits per heavy atom. The zero-order chi connectivity index (χ0) is 9.26. The maximum Gasteiger partial charge on any atom is 0.110 e. The topological polar surface area (TPSA) is 23.5 Å². The molecule has 1 aliphatic heterocycles. The fourth-order valence-corrected chi connectivity index (χ4v) is 2.13. The first-order chi connectivity index (χ1) is 6.24. The van der Waals surface area contributed by atoms with Gasteiger partial charge in [-0.25, -0.2) is 4.39 Å². The van der Waals surface area contributed by atoms with Gasteiger partial charge in [-0.05, 0) is 25.2 Å². The van der Waals surface area contributed by atoms with Gasteiger partial charge in [0.25, 0.3) is 0 Å². The van der Waals surface area contributed by atoms with Gasteiger partial charge in [-0.15, -0.1) is 0 Å². The Bertz CT molecular complexity index is 211. The predicted octanol–water partition coefficient (Wildman–Crippen LogP) is 1.32. The van der Waals surface area contributed by atoms with Crippen LogP contribution in [0.1, 0.15) is 19.3 Å². The molecule has 13 heavy (non-hydrogen) atoms. The van der Waals surface area contributed by atoms with Crippen molar-refractivity contribution in [2.75, 3.05) is 19.6 Å². The highest BCUT2D eigenvalue weighted by Gasteiger charge is 2.29. The van der Waals surface area contributed by atoms with E-state index in [9.17, 15) is 4.39 Å². The van der Waals surface area contributed by atoms with Crippen molar-refractivity contribution in [3.05, 3.63) is 11.9 Å². The van der Waals surface area contributed by atoms with Gasteiger partial charge in [-0.1, -0.05) is 6.08 Å². The molecule has 3 heteroatoms. The van der Waals surface area contributed by atoms with E-state index in [1.54, 1.807) is 6.08 Å². The lowest BCUT2D eigenvalue weighted by Crippen LogP contribution is -2.40. The number of aliphatic hydroxyl groups is 1. The normalized spacial score (nSPS) is 35.4. The van der Waals surface area contributed by atoms with E-state index in [2.05, 4.69) is 4.90 Å². The monoisotopic (exact) mass is 185 g/mol. The lowest BCUT2D eigenvalue weighted by atomic mass is 9.82. The van der Waals surface area contributed by atoms with Crippen LogP contribution >= 0.6 is 0 Å². The summed E-state index contributed by atoms with van der Waals surface area (Å²) in [6, 6.07) is 0. The largest absolute Gasteiger partial charge is 0.393 e. The second-order valence-corrected chi connectivity index (χ2v) is 4.17. The quantitative estimate of drug-likeness (QED) is 0.701. The number of hydrogen-bond donors (Lipinski definition) is 1. The average molecular weight is 185 g/mol. The zero-order valence-electron chi connectivity index (χ0n) is 7.75. The number of halogens is 1.